The molecular formula is C13H19F3N2O. The van der Waals surface area contributed by atoms with Crippen molar-refractivity contribution in [1.29, 1.82) is 0 Å². The molecule has 0 unspecified atom stereocenters. The van der Waals surface area contributed by atoms with Crippen molar-refractivity contribution in [2.24, 2.45) is 5.73 Å². The normalized spacial score (nSPS) is 11.7. The molecule has 0 saturated heterocycles. The van der Waals surface area contributed by atoms with Crippen LogP contribution in [-0.4, -0.2) is 27.3 Å². The van der Waals surface area contributed by atoms with Crippen LogP contribution >= 0.6 is 0 Å². The van der Waals surface area contributed by atoms with E-state index in [0.29, 0.717) is 18.8 Å². The van der Waals surface area contributed by atoms with Crippen molar-refractivity contribution in [3.8, 4) is 0 Å². The molecule has 0 aliphatic heterocycles. The first-order chi connectivity index (χ1) is 8.90. The maximum absolute atomic E-state index is 12.9. The summed E-state index contributed by atoms with van der Waals surface area (Å²) in [5.74, 6) is 0. The maximum Gasteiger partial charge on any atom is 0.416 e. The summed E-state index contributed by atoms with van der Waals surface area (Å²) in [5.41, 5.74) is 5.32. The Bertz CT molecular complexity index is 407. The average Bonchev–Trinajstić information content (AvgIpc) is 2.37. The van der Waals surface area contributed by atoms with E-state index in [0.717, 1.165) is 12.5 Å². The first-order valence-electron chi connectivity index (χ1n) is 6.00. The lowest BCUT2D eigenvalue weighted by molar-refractivity contribution is -0.138. The van der Waals surface area contributed by atoms with Crippen LogP contribution in [0.2, 0.25) is 0 Å². The van der Waals surface area contributed by atoms with Gasteiger partial charge in [0.15, 0.2) is 0 Å². The molecule has 0 fully saturated rings. The minimum absolute atomic E-state index is 0.113. The fourth-order valence-corrected chi connectivity index (χ4v) is 1.82. The molecule has 0 bridgehead atoms. The molecule has 1 aromatic rings. The number of hydrogen-bond donors (Lipinski definition) is 1. The van der Waals surface area contributed by atoms with Gasteiger partial charge in [-0.05, 0) is 24.1 Å². The number of anilines is 1. The van der Waals surface area contributed by atoms with Gasteiger partial charge in [0.05, 0.1) is 5.56 Å². The van der Waals surface area contributed by atoms with Crippen molar-refractivity contribution in [2.45, 2.75) is 19.1 Å². The van der Waals surface area contributed by atoms with Gasteiger partial charge in [-0.15, -0.1) is 0 Å². The fraction of sp³-hybridized carbons (Fsp3) is 0.538. The number of hydrogen-bond acceptors (Lipinski definition) is 3. The van der Waals surface area contributed by atoms with Gasteiger partial charge in [0.2, 0.25) is 0 Å². The molecule has 2 N–H and O–H groups in total. The molecule has 0 saturated carbocycles. The Morgan fingerprint density at radius 1 is 1.32 bits per heavy atom. The predicted molar refractivity (Wildman–Crippen MR) is 69.1 cm³/mol. The monoisotopic (exact) mass is 276 g/mol. The highest BCUT2D eigenvalue weighted by molar-refractivity contribution is 5.51. The average molecular weight is 276 g/mol. The Balaban J connectivity index is 2.91. The molecular weight excluding hydrogens is 257 g/mol. The summed E-state index contributed by atoms with van der Waals surface area (Å²) in [4.78, 5) is 1.77. The number of alkyl halides is 3. The van der Waals surface area contributed by atoms with Crippen LogP contribution in [0.15, 0.2) is 18.2 Å². The van der Waals surface area contributed by atoms with Crippen molar-refractivity contribution in [3.63, 3.8) is 0 Å². The van der Waals surface area contributed by atoms with Crippen molar-refractivity contribution in [2.75, 3.05) is 32.2 Å². The van der Waals surface area contributed by atoms with Crippen molar-refractivity contribution in [1.82, 2.24) is 0 Å². The minimum Gasteiger partial charge on any atom is -0.385 e. The highest BCUT2D eigenvalue weighted by atomic mass is 19.4. The zero-order chi connectivity index (χ0) is 14.5. The van der Waals surface area contributed by atoms with Gasteiger partial charge in [-0.2, -0.15) is 13.2 Å². The highest BCUT2D eigenvalue weighted by Crippen LogP contribution is 2.34. The number of halogens is 3. The molecule has 0 amide bonds. The Hall–Kier alpha value is -1.27. The lowest BCUT2D eigenvalue weighted by Crippen LogP contribution is -2.21. The molecule has 1 rings (SSSR count). The van der Waals surface area contributed by atoms with Gasteiger partial charge in [0.1, 0.15) is 0 Å². The van der Waals surface area contributed by atoms with Gasteiger partial charge < -0.3 is 15.4 Å². The van der Waals surface area contributed by atoms with E-state index in [1.165, 1.54) is 6.07 Å². The third-order valence-corrected chi connectivity index (χ3v) is 2.90. The molecule has 108 valence electrons. The highest BCUT2D eigenvalue weighted by Gasteiger charge is 2.33. The van der Waals surface area contributed by atoms with Gasteiger partial charge in [-0.3, -0.25) is 0 Å². The molecule has 0 radical (unpaired) electrons. The van der Waals surface area contributed by atoms with Gasteiger partial charge in [0.25, 0.3) is 0 Å². The van der Waals surface area contributed by atoms with Gasteiger partial charge in [-0.1, -0.05) is 6.07 Å². The summed E-state index contributed by atoms with van der Waals surface area (Å²) in [7, 11) is 3.35. The summed E-state index contributed by atoms with van der Waals surface area (Å²) in [6, 6.07) is 4.24. The summed E-state index contributed by atoms with van der Waals surface area (Å²) in [6.07, 6.45) is -3.62. The summed E-state index contributed by atoms with van der Waals surface area (Å²) >= 11 is 0. The third-order valence-electron chi connectivity index (χ3n) is 2.90. The molecule has 19 heavy (non-hydrogen) atoms. The smallest absolute Gasteiger partial charge is 0.385 e. The van der Waals surface area contributed by atoms with E-state index in [2.05, 4.69) is 0 Å². The van der Waals surface area contributed by atoms with Crippen molar-refractivity contribution >= 4 is 5.69 Å². The maximum atomic E-state index is 12.9. The molecule has 0 aromatic heterocycles. The summed E-state index contributed by atoms with van der Waals surface area (Å²) in [6.45, 7) is 1.09. The van der Waals surface area contributed by atoms with E-state index in [9.17, 15) is 13.2 Å². The SMILES string of the molecule is COCCCN(C)c1ccc(CN)c(C(F)(F)F)c1. The zero-order valence-corrected chi connectivity index (χ0v) is 11.1. The molecule has 1 aromatic carbocycles. The fourth-order valence-electron chi connectivity index (χ4n) is 1.82. The second-order valence-corrected chi connectivity index (χ2v) is 4.31. The lowest BCUT2D eigenvalue weighted by Gasteiger charge is -2.21. The van der Waals surface area contributed by atoms with Crippen LogP contribution in [0, 0.1) is 0 Å². The van der Waals surface area contributed by atoms with Crippen LogP contribution < -0.4 is 10.6 Å². The Morgan fingerprint density at radius 2 is 2.00 bits per heavy atom. The Kier molecular flexibility index (Phi) is 5.62. The van der Waals surface area contributed by atoms with E-state index < -0.39 is 11.7 Å². The van der Waals surface area contributed by atoms with E-state index in [-0.39, 0.29) is 12.1 Å². The molecule has 0 aliphatic carbocycles. The van der Waals surface area contributed by atoms with Crippen molar-refractivity contribution < 1.29 is 17.9 Å². The predicted octanol–water partition coefficient (Wildman–Crippen LogP) is 2.64. The third kappa shape index (κ3) is 4.40. The number of nitrogens with zero attached hydrogens (tertiary/aromatic N) is 1. The number of methoxy groups -OCH3 is 1. The van der Waals surface area contributed by atoms with E-state index in [1.807, 2.05) is 0 Å². The number of benzene rings is 1. The number of ether oxygens (including phenoxy) is 1. The quantitative estimate of drug-likeness (QED) is 0.812. The van der Waals surface area contributed by atoms with Crippen LogP contribution in [-0.2, 0) is 17.5 Å². The first-order valence-corrected chi connectivity index (χ1v) is 6.00. The molecule has 0 aliphatic rings. The standard InChI is InChI=1S/C13H19F3N2O/c1-18(6-3-7-19-2)11-5-4-10(9-17)12(8-11)13(14,15)16/h4-5,8H,3,6-7,9,17H2,1-2H3. The molecule has 0 heterocycles. The molecule has 0 atom stereocenters. The Morgan fingerprint density at radius 3 is 2.53 bits per heavy atom. The van der Waals surface area contributed by atoms with Crippen LogP contribution in [0.5, 0.6) is 0 Å². The molecule has 6 heteroatoms. The van der Waals surface area contributed by atoms with Crippen molar-refractivity contribution in [3.05, 3.63) is 29.3 Å². The van der Waals surface area contributed by atoms with Crippen LogP contribution in [0.4, 0.5) is 18.9 Å². The van der Waals surface area contributed by atoms with E-state index in [4.69, 9.17) is 10.5 Å². The van der Waals surface area contributed by atoms with Crippen LogP contribution in [0.1, 0.15) is 17.5 Å². The largest absolute Gasteiger partial charge is 0.416 e. The second-order valence-electron chi connectivity index (χ2n) is 4.31. The second kappa shape index (κ2) is 6.77. The zero-order valence-electron chi connectivity index (χ0n) is 11.1. The number of rotatable bonds is 6. The van der Waals surface area contributed by atoms with Crippen LogP contribution in [0.3, 0.4) is 0 Å². The summed E-state index contributed by atoms with van der Waals surface area (Å²) < 4.78 is 43.6. The first kappa shape index (κ1) is 15.8. The van der Waals surface area contributed by atoms with Gasteiger partial charge in [0, 0.05) is 39.5 Å². The van der Waals surface area contributed by atoms with E-state index >= 15 is 0 Å². The van der Waals surface area contributed by atoms with Gasteiger partial charge in [-0.25, -0.2) is 0 Å². The minimum atomic E-state index is -4.38. The topological polar surface area (TPSA) is 38.5 Å². The molecule has 0 spiro atoms. The van der Waals surface area contributed by atoms with E-state index in [1.54, 1.807) is 25.1 Å². The Labute approximate surface area is 111 Å². The van der Waals surface area contributed by atoms with Crippen LogP contribution in [0.25, 0.3) is 0 Å². The lowest BCUT2D eigenvalue weighted by atomic mass is 10.1. The summed E-state index contributed by atoms with van der Waals surface area (Å²) in [5, 5.41) is 0. The number of nitrogens with two attached hydrogens (primary N) is 1. The van der Waals surface area contributed by atoms with Gasteiger partial charge >= 0.3 is 6.18 Å². The molecule has 3 nitrogen and oxygen atoms in total.